The molecule has 0 aliphatic heterocycles. The minimum absolute atomic E-state index is 0.0275. The third-order valence-electron chi connectivity index (χ3n) is 12.8. The molecule has 2 aliphatic rings. The zero-order valence-electron chi connectivity index (χ0n) is 42.9. The molecule has 19 nitrogen and oxygen atoms in total. The van der Waals surface area contributed by atoms with E-state index >= 15 is 0 Å². The lowest BCUT2D eigenvalue weighted by molar-refractivity contribution is -0.149. The van der Waals surface area contributed by atoms with Crippen molar-refractivity contribution in [2.45, 2.75) is 112 Å². The molecule has 0 saturated heterocycles. The standard InChI is InChI=1S/C29H41N5O5Si.C23H27N5O4/c1-20-14-25(39-18-29(2,3)27(35)36)31-16-23(20)22-10-11-24(30-15-22)26-32-28(38-17-21-8-7-9-21)34(33-26)19-37-12-13-40(4,5)6;1-14-9-19(32-13-23(2,3)21(29)30)25-11-17(14)16-7-8-18(24-10-16)20-26-22(28-27-20)31-12-15-5-4-6-15/h10-11,14-16,21H,7-9,12-13,17-19H2,1-6H3,(H,35,36);7-11,15H,4-6,12-13H2,1-3H3,(H,29,30)(H,26,27,28). The van der Waals surface area contributed by atoms with E-state index < -0.39 is 30.8 Å². The maximum absolute atomic E-state index is 11.3. The molecule has 6 aromatic rings. The van der Waals surface area contributed by atoms with Crippen molar-refractivity contribution in [2.24, 2.45) is 22.7 Å². The van der Waals surface area contributed by atoms with Crippen molar-refractivity contribution in [3.63, 3.8) is 0 Å². The molecule has 6 heterocycles. The van der Waals surface area contributed by atoms with Crippen molar-refractivity contribution >= 4 is 20.0 Å². The highest BCUT2D eigenvalue weighted by Gasteiger charge is 2.30. The average Bonchev–Trinajstić information content (AvgIpc) is 3.96. The summed E-state index contributed by atoms with van der Waals surface area (Å²) in [6.07, 6.45) is 14.3. The van der Waals surface area contributed by atoms with E-state index in [0.29, 0.717) is 85.2 Å². The van der Waals surface area contributed by atoms with Gasteiger partial charge in [0.05, 0.1) is 24.0 Å². The first kappa shape index (κ1) is 53.0. The lowest BCUT2D eigenvalue weighted by atomic mass is 9.86. The number of hydrogen-bond acceptors (Lipinski definition) is 15. The summed E-state index contributed by atoms with van der Waals surface area (Å²) in [5, 5.41) is 30.1. The van der Waals surface area contributed by atoms with Gasteiger partial charge in [0.15, 0.2) is 5.82 Å². The van der Waals surface area contributed by atoms with Crippen molar-refractivity contribution in [1.82, 2.24) is 49.9 Å². The second kappa shape index (κ2) is 23.2. The van der Waals surface area contributed by atoms with Crippen LogP contribution in [0.4, 0.5) is 0 Å². The Morgan fingerprint density at radius 3 is 1.69 bits per heavy atom. The minimum atomic E-state index is -1.19. The van der Waals surface area contributed by atoms with E-state index in [-0.39, 0.29) is 13.2 Å². The van der Waals surface area contributed by atoms with Crippen LogP contribution >= 0.6 is 0 Å². The molecule has 0 radical (unpaired) electrons. The van der Waals surface area contributed by atoms with Gasteiger partial charge >= 0.3 is 24.0 Å². The topological polar surface area (TPSA) is 245 Å². The van der Waals surface area contributed by atoms with Crippen LogP contribution in [-0.2, 0) is 21.1 Å². The van der Waals surface area contributed by atoms with Gasteiger partial charge in [-0.05, 0) is 108 Å². The van der Waals surface area contributed by atoms with Crippen LogP contribution in [0.3, 0.4) is 0 Å². The first-order valence-corrected chi connectivity index (χ1v) is 28.2. The van der Waals surface area contributed by atoms with Crippen LogP contribution in [0.15, 0.2) is 61.2 Å². The van der Waals surface area contributed by atoms with Crippen LogP contribution in [0, 0.1) is 36.5 Å². The molecule has 0 amide bonds. The maximum atomic E-state index is 11.3. The number of aromatic amines is 1. The van der Waals surface area contributed by atoms with Crippen molar-refractivity contribution in [1.29, 1.82) is 0 Å². The monoisotopic (exact) mass is 1000 g/mol. The predicted molar refractivity (Wildman–Crippen MR) is 272 cm³/mol. The Morgan fingerprint density at radius 2 is 1.24 bits per heavy atom. The van der Waals surface area contributed by atoms with Crippen molar-refractivity contribution in [3.05, 3.63) is 72.3 Å². The largest absolute Gasteiger partial charge is 0.481 e. The fraction of sp³-hybridized carbons (Fsp3) is 0.500. The molecule has 384 valence electrons. The number of carboxylic acids is 2. The van der Waals surface area contributed by atoms with Crippen molar-refractivity contribution in [3.8, 4) is 69.1 Å². The normalized spacial score (nSPS) is 14.1. The SMILES string of the molecule is Cc1cc(OCC(C)(C)C(=O)O)ncc1-c1ccc(-c2nc(OCC3CCC3)n(COCC[Si](C)(C)C)n2)nc1.Cc1cc(OCC(C)(C)C(=O)O)ncc1-c1ccc(-c2nc(OCC3CCC3)n[nH]2)nc1. The smallest absolute Gasteiger partial charge is 0.335 e. The van der Waals surface area contributed by atoms with Crippen LogP contribution in [0.5, 0.6) is 23.8 Å². The average molecular weight is 1010 g/mol. The highest BCUT2D eigenvalue weighted by atomic mass is 28.3. The number of aromatic nitrogens is 10. The quantitative estimate of drug-likeness (QED) is 0.0399. The van der Waals surface area contributed by atoms with E-state index in [2.05, 4.69) is 64.8 Å². The molecule has 2 aliphatic carbocycles. The van der Waals surface area contributed by atoms with E-state index in [4.69, 9.17) is 23.7 Å². The molecule has 0 spiro atoms. The fourth-order valence-corrected chi connectivity index (χ4v) is 7.88. The molecule has 2 saturated carbocycles. The molecular weight excluding hydrogens is 937 g/mol. The Balaban J connectivity index is 0.000000216. The lowest BCUT2D eigenvalue weighted by Crippen LogP contribution is -2.30. The van der Waals surface area contributed by atoms with Gasteiger partial charge in [0.2, 0.25) is 17.6 Å². The molecule has 0 atom stereocenters. The van der Waals surface area contributed by atoms with Gasteiger partial charge in [-0.25, -0.2) is 9.97 Å². The molecule has 72 heavy (non-hydrogen) atoms. The predicted octanol–water partition coefficient (Wildman–Crippen LogP) is 9.60. The molecule has 2 fully saturated rings. The Hall–Kier alpha value is -6.80. The summed E-state index contributed by atoms with van der Waals surface area (Å²) in [4.78, 5) is 49.4. The van der Waals surface area contributed by atoms with E-state index in [1.165, 1.54) is 38.5 Å². The number of ether oxygens (including phenoxy) is 5. The number of pyridine rings is 4. The van der Waals surface area contributed by atoms with E-state index in [1.54, 1.807) is 69.3 Å². The van der Waals surface area contributed by atoms with E-state index in [1.807, 2.05) is 38.1 Å². The number of hydrogen-bond donors (Lipinski definition) is 3. The highest BCUT2D eigenvalue weighted by Crippen LogP contribution is 2.31. The molecule has 20 heteroatoms. The number of rotatable bonds is 23. The summed E-state index contributed by atoms with van der Waals surface area (Å²) in [7, 11) is -1.19. The zero-order chi connectivity index (χ0) is 51.6. The van der Waals surface area contributed by atoms with E-state index in [9.17, 15) is 19.8 Å². The maximum Gasteiger partial charge on any atom is 0.335 e. The molecule has 6 aromatic heterocycles. The second-order valence-electron chi connectivity index (χ2n) is 21.2. The van der Waals surface area contributed by atoms with Crippen LogP contribution < -0.4 is 18.9 Å². The first-order valence-electron chi connectivity index (χ1n) is 24.5. The number of H-pyrrole nitrogens is 1. The van der Waals surface area contributed by atoms with Gasteiger partial charge in [-0.15, -0.1) is 10.2 Å². The van der Waals surface area contributed by atoms with Gasteiger partial charge in [0, 0.05) is 73.9 Å². The molecule has 0 unspecified atom stereocenters. The molecule has 3 N–H and O–H groups in total. The van der Waals surface area contributed by atoms with Gasteiger partial charge < -0.3 is 33.9 Å². The van der Waals surface area contributed by atoms with Crippen LogP contribution in [0.25, 0.3) is 45.3 Å². The van der Waals surface area contributed by atoms with Gasteiger partial charge in [-0.3, -0.25) is 24.7 Å². The third-order valence-corrected chi connectivity index (χ3v) is 14.5. The van der Waals surface area contributed by atoms with Crippen LogP contribution in [0.1, 0.15) is 77.3 Å². The number of carboxylic acid groups (broad SMARTS) is 2. The van der Waals surface area contributed by atoms with Gasteiger partial charge in [0.1, 0.15) is 31.3 Å². The first-order chi connectivity index (χ1) is 34.2. The van der Waals surface area contributed by atoms with Gasteiger partial charge in [0.25, 0.3) is 0 Å². The summed E-state index contributed by atoms with van der Waals surface area (Å²) in [6, 6.07) is 13.1. The third kappa shape index (κ3) is 14.4. The summed E-state index contributed by atoms with van der Waals surface area (Å²) in [5.41, 5.74) is 4.81. The van der Waals surface area contributed by atoms with E-state index in [0.717, 1.165) is 39.4 Å². The number of carbonyl (C=O) groups is 2. The zero-order valence-corrected chi connectivity index (χ0v) is 43.9. The molecule has 8 rings (SSSR count). The minimum Gasteiger partial charge on any atom is -0.481 e. The van der Waals surface area contributed by atoms with Gasteiger partial charge in [-0.2, -0.15) is 14.6 Å². The molecular formula is C52H68N10O9Si. The molecule has 0 bridgehead atoms. The Kier molecular flexibility index (Phi) is 17.1. The van der Waals surface area contributed by atoms with Crippen LogP contribution in [0.2, 0.25) is 25.7 Å². The highest BCUT2D eigenvalue weighted by molar-refractivity contribution is 6.76. The molecule has 0 aromatic carbocycles. The number of aryl methyl sites for hydroxylation is 2. The second-order valence-corrected chi connectivity index (χ2v) is 26.9. The lowest BCUT2D eigenvalue weighted by Gasteiger charge is -2.24. The number of aliphatic carboxylic acids is 2. The Bertz CT molecular complexity index is 2770. The number of nitrogens with one attached hydrogen (secondary N) is 1. The van der Waals surface area contributed by atoms with Crippen molar-refractivity contribution < 1.29 is 43.5 Å². The van der Waals surface area contributed by atoms with Crippen molar-refractivity contribution in [2.75, 3.05) is 33.0 Å². The number of nitrogens with zero attached hydrogens (tertiary/aromatic N) is 9. The summed E-state index contributed by atoms with van der Waals surface area (Å²) < 4.78 is 30.6. The Labute approximate surface area is 421 Å². The summed E-state index contributed by atoms with van der Waals surface area (Å²) >= 11 is 0. The van der Waals surface area contributed by atoms with Gasteiger partial charge in [-0.1, -0.05) is 44.6 Å². The van der Waals surface area contributed by atoms with Crippen LogP contribution in [-0.4, -0.2) is 113 Å². The fourth-order valence-electron chi connectivity index (χ4n) is 7.12. The Morgan fingerprint density at radius 1 is 0.708 bits per heavy atom. The summed E-state index contributed by atoms with van der Waals surface area (Å²) in [5.74, 6) is 1.18. The summed E-state index contributed by atoms with van der Waals surface area (Å²) in [6.45, 7) is 19.7.